The van der Waals surface area contributed by atoms with E-state index in [0.717, 1.165) is 44.1 Å². The standard InChI is InChI=1S/C15H24N4O/c1-12-9-16-15(17-12)13-5-8-18(10-13)11-14(20)19-6-3-2-4-7-19/h9,13H,2-8,10-11H2,1H3,(H,16,17)/t13-/m0/s1. The summed E-state index contributed by atoms with van der Waals surface area (Å²) in [5.41, 5.74) is 1.11. The van der Waals surface area contributed by atoms with Crippen molar-refractivity contribution in [3.05, 3.63) is 17.7 Å². The number of aromatic amines is 1. The Balaban J connectivity index is 1.51. The third-order valence-corrected chi connectivity index (χ3v) is 4.45. The molecule has 2 aliphatic heterocycles. The second-order valence-electron chi connectivity index (χ2n) is 6.11. The van der Waals surface area contributed by atoms with E-state index in [1.165, 1.54) is 19.3 Å². The number of rotatable bonds is 3. The number of aromatic nitrogens is 2. The number of likely N-dealkylation sites (tertiary alicyclic amines) is 2. The van der Waals surface area contributed by atoms with Crippen LogP contribution in [0.15, 0.2) is 6.20 Å². The summed E-state index contributed by atoms with van der Waals surface area (Å²) in [5, 5.41) is 0. The van der Waals surface area contributed by atoms with Crippen LogP contribution in [0.25, 0.3) is 0 Å². The van der Waals surface area contributed by atoms with Crippen molar-refractivity contribution in [1.82, 2.24) is 19.8 Å². The molecule has 3 rings (SSSR count). The second-order valence-corrected chi connectivity index (χ2v) is 6.11. The first kappa shape index (κ1) is 13.6. The van der Waals surface area contributed by atoms with E-state index >= 15 is 0 Å². The maximum atomic E-state index is 12.3. The third kappa shape index (κ3) is 3.03. The number of hydrogen-bond acceptors (Lipinski definition) is 3. The topological polar surface area (TPSA) is 52.2 Å². The van der Waals surface area contributed by atoms with Crippen LogP contribution in [0.4, 0.5) is 0 Å². The smallest absolute Gasteiger partial charge is 0.236 e. The average molecular weight is 276 g/mol. The first-order chi connectivity index (χ1) is 9.72. The number of hydrogen-bond donors (Lipinski definition) is 1. The van der Waals surface area contributed by atoms with Crippen molar-refractivity contribution in [1.29, 1.82) is 0 Å². The molecule has 3 heterocycles. The van der Waals surface area contributed by atoms with Crippen molar-refractivity contribution in [3.63, 3.8) is 0 Å². The van der Waals surface area contributed by atoms with Gasteiger partial charge in [0.05, 0.1) is 6.54 Å². The Kier molecular flexibility index (Phi) is 4.05. The molecule has 0 bridgehead atoms. The van der Waals surface area contributed by atoms with Crippen LogP contribution in [0, 0.1) is 6.92 Å². The van der Waals surface area contributed by atoms with Crippen LogP contribution in [-0.2, 0) is 4.79 Å². The van der Waals surface area contributed by atoms with Gasteiger partial charge in [-0.25, -0.2) is 4.98 Å². The van der Waals surface area contributed by atoms with Crippen LogP contribution in [0.1, 0.15) is 43.1 Å². The number of H-pyrrole nitrogens is 1. The highest BCUT2D eigenvalue weighted by Gasteiger charge is 2.28. The van der Waals surface area contributed by atoms with Crippen molar-refractivity contribution in [3.8, 4) is 0 Å². The van der Waals surface area contributed by atoms with Crippen molar-refractivity contribution >= 4 is 5.91 Å². The summed E-state index contributed by atoms with van der Waals surface area (Å²) in [6, 6.07) is 0. The van der Waals surface area contributed by atoms with Crippen LogP contribution >= 0.6 is 0 Å². The van der Waals surface area contributed by atoms with E-state index in [4.69, 9.17) is 0 Å². The summed E-state index contributed by atoms with van der Waals surface area (Å²) >= 11 is 0. The van der Waals surface area contributed by atoms with Crippen molar-refractivity contribution < 1.29 is 4.79 Å². The van der Waals surface area contributed by atoms with E-state index in [2.05, 4.69) is 14.9 Å². The number of piperidine rings is 1. The lowest BCUT2D eigenvalue weighted by molar-refractivity contribution is -0.133. The molecule has 2 fully saturated rings. The van der Waals surface area contributed by atoms with Gasteiger partial charge in [-0.1, -0.05) is 0 Å². The number of imidazole rings is 1. The fraction of sp³-hybridized carbons (Fsp3) is 0.733. The Labute approximate surface area is 120 Å². The Morgan fingerprint density at radius 1 is 1.35 bits per heavy atom. The normalized spacial score (nSPS) is 24.2. The van der Waals surface area contributed by atoms with Crippen molar-refractivity contribution in [2.75, 3.05) is 32.7 Å². The minimum Gasteiger partial charge on any atom is -0.346 e. The third-order valence-electron chi connectivity index (χ3n) is 4.45. The van der Waals surface area contributed by atoms with Gasteiger partial charge in [0.2, 0.25) is 5.91 Å². The molecule has 1 N–H and O–H groups in total. The Bertz CT molecular complexity index is 464. The number of nitrogens with one attached hydrogen (secondary N) is 1. The number of carbonyl (C=O) groups excluding carboxylic acids is 1. The molecule has 0 aromatic carbocycles. The highest BCUT2D eigenvalue weighted by molar-refractivity contribution is 5.78. The minimum atomic E-state index is 0.306. The molecule has 0 saturated carbocycles. The van der Waals surface area contributed by atoms with Crippen LogP contribution < -0.4 is 0 Å². The summed E-state index contributed by atoms with van der Waals surface area (Å²) in [5.74, 6) is 1.84. The molecule has 1 atom stereocenters. The molecular formula is C15H24N4O. The van der Waals surface area contributed by atoms with Gasteiger partial charge in [-0.05, 0) is 39.2 Å². The molecule has 110 valence electrons. The molecule has 2 saturated heterocycles. The van der Waals surface area contributed by atoms with E-state index in [1.807, 2.05) is 18.0 Å². The van der Waals surface area contributed by atoms with Gasteiger partial charge in [0, 0.05) is 37.4 Å². The number of nitrogens with zero attached hydrogens (tertiary/aromatic N) is 3. The molecule has 0 aliphatic carbocycles. The largest absolute Gasteiger partial charge is 0.346 e. The van der Waals surface area contributed by atoms with Gasteiger partial charge in [-0.3, -0.25) is 9.69 Å². The Hall–Kier alpha value is -1.36. The maximum Gasteiger partial charge on any atom is 0.236 e. The second kappa shape index (κ2) is 5.95. The number of carbonyl (C=O) groups is 1. The lowest BCUT2D eigenvalue weighted by Crippen LogP contribution is -2.42. The first-order valence-corrected chi connectivity index (χ1v) is 7.74. The Morgan fingerprint density at radius 2 is 2.15 bits per heavy atom. The van der Waals surface area contributed by atoms with Gasteiger partial charge in [0.25, 0.3) is 0 Å². The summed E-state index contributed by atoms with van der Waals surface area (Å²) in [6.07, 6.45) is 6.59. The zero-order valence-electron chi connectivity index (χ0n) is 12.3. The Morgan fingerprint density at radius 3 is 2.85 bits per heavy atom. The molecule has 5 heteroatoms. The molecule has 0 spiro atoms. The monoisotopic (exact) mass is 276 g/mol. The zero-order chi connectivity index (χ0) is 13.9. The molecule has 20 heavy (non-hydrogen) atoms. The van der Waals surface area contributed by atoms with E-state index in [0.29, 0.717) is 18.4 Å². The zero-order valence-corrected chi connectivity index (χ0v) is 12.3. The number of amides is 1. The minimum absolute atomic E-state index is 0.306. The molecule has 1 aromatic heterocycles. The first-order valence-electron chi connectivity index (χ1n) is 7.74. The average Bonchev–Trinajstić information content (AvgIpc) is 3.09. The number of aryl methyl sites for hydroxylation is 1. The van der Waals surface area contributed by atoms with E-state index in [9.17, 15) is 4.79 Å². The van der Waals surface area contributed by atoms with Crippen LogP contribution in [0.3, 0.4) is 0 Å². The summed E-state index contributed by atoms with van der Waals surface area (Å²) in [7, 11) is 0. The fourth-order valence-electron chi connectivity index (χ4n) is 3.27. The van der Waals surface area contributed by atoms with Crippen LogP contribution in [0.5, 0.6) is 0 Å². The van der Waals surface area contributed by atoms with Crippen molar-refractivity contribution in [2.45, 2.75) is 38.5 Å². The van der Waals surface area contributed by atoms with E-state index < -0.39 is 0 Å². The van der Waals surface area contributed by atoms with Crippen LogP contribution in [0.2, 0.25) is 0 Å². The lowest BCUT2D eigenvalue weighted by Gasteiger charge is -2.28. The SMILES string of the molecule is Cc1cnc([C@H]2CCN(CC(=O)N3CCCCC3)C2)[nH]1. The molecule has 0 radical (unpaired) electrons. The lowest BCUT2D eigenvalue weighted by atomic mass is 10.1. The molecule has 2 aliphatic rings. The molecule has 1 amide bonds. The van der Waals surface area contributed by atoms with Gasteiger partial charge < -0.3 is 9.88 Å². The van der Waals surface area contributed by atoms with E-state index in [-0.39, 0.29) is 0 Å². The molecular weight excluding hydrogens is 252 g/mol. The summed E-state index contributed by atoms with van der Waals surface area (Å²) in [6.45, 7) is 6.47. The molecule has 1 aromatic rings. The highest BCUT2D eigenvalue weighted by atomic mass is 16.2. The quantitative estimate of drug-likeness (QED) is 0.910. The van der Waals surface area contributed by atoms with Gasteiger partial charge in [-0.2, -0.15) is 0 Å². The highest BCUT2D eigenvalue weighted by Crippen LogP contribution is 2.25. The fourth-order valence-corrected chi connectivity index (χ4v) is 3.27. The van der Waals surface area contributed by atoms with Crippen LogP contribution in [-0.4, -0.2) is 58.4 Å². The summed E-state index contributed by atoms with van der Waals surface area (Å²) < 4.78 is 0. The molecule has 5 nitrogen and oxygen atoms in total. The van der Waals surface area contributed by atoms with Gasteiger partial charge >= 0.3 is 0 Å². The summed E-state index contributed by atoms with van der Waals surface area (Å²) in [4.78, 5) is 24.3. The maximum absolute atomic E-state index is 12.3. The van der Waals surface area contributed by atoms with E-state index in [1.54, 1.807) is 0 Å². The van der Waals surface area contributed by atoms with Crippen molar-refractivity contribution in [2.24, 2.45) is 0 Å². The van der Waals surface area contributed by atoms with Gasteiger partial charge in [0.15, 0.2) is 0 Å². The predicted octanol–water partition coefficient (Wildman–Crippen LogP) is 1.52. The van der Waals surface area contributed by atoms with Gasteiger partial charge in [0.1, 0.15) is 5.82 Å². The molecule has 0 unspecified atom stereocenters. The van der Waals surface area contributed by atoms with Gasteiger partial charge in [-0.15, -0.1) is 0 Å². The predicted molar refractivity (Wildman–Crippen MR) is 77.6 cm³/mol.